The van der Waals surface area contributed by atoms with Crippen LogP contribution in [-0.2, 0) is 21.7 Å². The van der Waals surface area contributed by atoms with E-state index < -0.39 is 0 Å². The van der Waals surface area contributed by atoms with Gasteiger partial charge in [-0.05, 0) is 6.07 Å². The summed E-state index contributed by atoms with van der Waals surface area (Å²) in [7, 11) is 2.03. The highest BCUT2D eigenvalue weighted by Gasteiger charge is 2.50. The Kier molecular flexibility index (Phi) is 3.96. The molecule has 7 heteroatoms. The Morgan fingerprint density at radius 2 is 2.42 bits per heavy atom. The van der Waals surface area contributed by atoms with Crippen molar-refractivity contribution in [1.82, 2.24) is 0 Å². The fraction of sp³-hybridized carbons (Fsp3) is 0.500. The molecule has 1 saturated carbocycles. The quantitative estimate of drug-likeness (QED) is 0.591. The predicted octanol–water partition coefficient (Wildman–Crippen LogP) is 3.20. The van der Waals surface area contributed by atoms with Gasteiger partial charge in [0.1, 0.15) is 11.9 Å². The summed E-state index contributed by atoms with van der Waals surface area (Å²) in [6.07, 6.45) is 0.880. The lowest BCUT2D eigenvalue weighted by Crippen LogP contribution is -2.23. The molecule has 6 atom stereocenters. The zero-order valence-electron chi connectivity index (χ0n) is 11.0. The Morgan fingerprint density at radius 3 is 3.16 bits per heavy atom. The fourth-order valence-electron chi connectivity index (χ4n) is 3.18. The Morgan fingerprint density at radius 1 is 1.58 bits per heavy atom. The number of rotatable bonds is 4. The minimum absolute atomic E-state index is 0.0158. The van der Waals surface area contributed by atoms with Crippen LogP contribution in [0.25, 0.3) is 0 Å². The zero-order chi connectivity index (χ0) is 14.3. The first-order valence-corrected chi connectivity index (χ1v) is 8.05. The molecule has 0 spiro atoms. The normalized spacial score (nSPS) is 33.3. The minimum atomic E-state index is -0.263. The molecule has 19 heavy (non-hydrogen) atoms. The summed E-state index contributed by atoms with van der Waals surface area (Å²) in [6, 6.07) is 3.98. The second kappa shape index (κ2) is 5.71. The average Bonchev–Trinajstić information content (AvgIpc) is 2.89. The number of benzene rings is 1. The van der Waals surface area contributed by atoms with Gasteiger partial charge in [-0.15, -0.1) is 4.90 Å². The zero-order valence-corrected chi connectivity index (χ0v) is 14.5. The first-order valence-electron chi connectivity index (χ1n) is 6.47. The van der Waals surface area contributed by atoms with Gasteiger partial charge in [0.15, 0.2) is 0 Å². The lowest BCUT2D eigenvalue weighted by molar-refractivity contribution is 0.138. The second-order valence-corrected chi connectivity index (χ2v) is 6.82. The van der Waals surface area contributed by atoms with Crippen LogP contribution in [0.5, 0.6) is 5.75 Å². The van der Waals surface area contributed by atoms with E-state index in [-0.39, 0.29) is 33.5 Å². The summed E-state index contributed by atoms with van der Waals surface area (Å²) in [5, 5.41) is 0. The van der Waals surface area contributed by atoms with Gasteiger partial charge >= 0.3 is 0 Å². The third kappa shape index (κ3) is 2.43. The van der Waals surface area contributed by atoms with E-state index in [9.17, 15) is 0 Å². The maximum absolute atomic E-state index is 7.30. The van der Waals surface area contributed by atoms with Gasteiger partial charge in [-0.3, -0.25) is 0 Å². The molecule has 0 saturated heterocycles. The maximum atomic E-state index is 7.30. The molecule has 0 bridgehead atoms. The van der Waals surface area contributed by atoms with Crippen LogP contribution >= 0.6 is 34.8 Å². The first-order chi connectivity index (χ1) is 9.65. The van der Waals surface area contributed by atoms with E-state index in [0.717, 1.165) is 27.1 Å². The van der Waals surface area contributed by atoms with E-state index in [0.29, 0.717) is 6.61 Å². The molecule has 3 rings (SSSR count). The van der Waals surface area contributed by atoms with Crippen molar-refractivity contribution < 1.29 is 13.8 Å². The summed E-state index contributed by atoms with van der Waals surface area (Å²) in [5.74, 6) is 1.25. The third-order valence-electron chi connectivity index (χ3n) is 3.92. The van der Waals surface area contributed by atoms with Gasteiger partial charge in [0.2, 0.25) is 0 Å². The van der Waals surface area contributed by atoms with Crippen molar-refractivity contribution in [1.29, 1.82) is 1.28 Å². The van der Waals surface area contributed by atoms with Crippen molar-refractivity contribution in [2.24, 2.45) is 5.92 Å². The minimum Gasteiger partial charge on any atom is -0.776 e. The molecule has 1 heterocycles. The summed E-state index contributed by atoms with van der Waals surface area (Å²) < 4.78 is 25.2. The number of hydrogen-bond donors (Lipinski definition) is 0. The molecule has 1 aliphatic heterocycles. The number of fused-ring (bicyclic) bond motifs is 3. The van der Waals surface area contributed by atoms with E-state index in [1.165, 1.54) is 0 Å². The molecule has 0 amide bonds. The lowest BCUT2D eigenvalue weighted by Gasteiger charge is -2.22. The van der Waals surface area contributed by atoms with Crippen LogP contribution in [0.2, 0.25) is 0 Å². The monoisotopic (exact) mass is 381 g/mol. The van der Waals surface area contributed by atoms with Crippen LogP contribution in [0.1, 0.15) is 17.9 Å². The third-order valence-corrected chi connectivity index (χ3v) is 5.18. The molecule has 1 aliphatic carbocycles. The van der Waals surface area contributed by atoms with Gasteiger partial charge < -0.3 is 26.4 Å². The molecule has 0 N–H and O–H groups in total. The van der Waals surface area contributed by atoms with Crippen molar-refractivity contribution in [2.45, 2.75) is 29.4 Å². The Hall–Kier alpha value is 0.500. The summed E-state index contributed by atoms with van der Waals surface area (Å²) in [4.78, 5) is 0.745. The standard InChI is InChI=1S/C12H15BrO3P2S/c13-5-1-6-11-7(4-14-17)8(16-18)3-9(11)15-12(6)10(19)2-5/h1-2,7-9,11,19H,3-4,17-18H2/p-1/t7-,8+,9-,11+/m0/s1/i18T/t7-,8+,9-,11+,18?. The van der Waals surface area contributed by atoms with Crippen LogP contribution in [0, 0.1) is 5.92 Å². The first kappa shape index (κ1) is 13.2. The van der Waals surface area contributed by atoms with Crippen molar-refractivity contribution in [3.05, 3.63) is 22.2 Å². The van der Waals surface area contributed by atoms with Gasteiger partial charge in [0, 0.05) is 47.2 Å². The van der Waals surface area contributed by atoms with Crippen LogP contribution in [0.3, 0.4) is 0 Å². The van der Waals surface area contributed by atoms with Gasteiger partial charge in [0.25, 0.3) is 0 Å². The Labute approximate surface area is 132 Å². The van der Waals surface area contributed by atoms with E-state index in [4.69, 9.17) is 27.7 Å². The maximum Gasteiger partial charge on any atom is 0.109 e. The van der Waals surface area contributed by atoms with E-state index in [1.54, 1.807) is 0 Å². The molecule has 3 nitrogen and oxygen atoms in total. The fourth-order valence-corrected chi connectivity index (χ4v) is 4.59. The van der Waals surface area contributed by atoms with Crippen molar-refractivity contribution in [3.8, 4) is 5.75 Å². The van der Waals surface area contributed by atoms with Gasteiger partial charge in [-0.1, -0.05) is 22.0 Å². The number of ether oxygens (including phenoxy) is 1. The number of halogens is 1. The lowest BCUT2D eigenvalue weighted by atomic mass is 9.89. The smallest absolute Gasteiger partial charge is 0.109 e. The molecule has 104 valence electrons. The Bertz CT molecular complexity index is 522. The summed E-state index contributed by atoms with van der Waals surface area (Å²) in [6.45, 7) is 0.572. The van der Waals surface area contributed by atoms with E-state index >= 15 is 0 Å². The largest absolute Gasteiger partial charge is 0.776 e. The predicted molar refractivity (Wildman–Crippen MR) is 85.3 cm³/mol. The second-order valence-electron chi connectivity index (χ2n) is 4.89. The molecular weight excluding hydrogens is 366 g/mol. The average molecular weight is 382 g/mol. The van der Waals surface area contributed by atoms with Gasteiger partial charge in [-0.2, -0.15) is 0 Å². The topological polar surface area (TPSA) is 27.7 Å². The Balaban J connectivity index is 1.96. The van der Waals surface area contributed by atoms with Crippen LogP contribution in [-0.4, -0.2) is 20.1 Å². The van der Waals surface area contributed by atoms with Crippen LogP contribution in [0.4, 0.5) is 0 Å². The molecule has 2 aliphatic rings. The highest BCUT2D eigenvalue weighted by molar-refractivity contribution is 9.10. The van der Waals surface area contributed by atoms with Gasteiger partial charge in [0.05, 0.1) is 14.0 Å². The SMILES string of the molecule is [3H]PO[C@@H]1C[C@@H]2Oc3c([S-])cc(Br)cc3[C@@H]2[C@H]1COP. The van der Waals surface area contributed by atoms with Crippen molar-refractivity contribution in [2.75, 3.05) is 6.61 Å². The molecule has 1 aromatic carbocycles. The number of hydrogen-bond acceptors (Lipinski definition) is 4. The molecule has 0 radical (unpaired) electrons. The highest BCUT2D eigenvalue weighted by Crippen LogP contribution is 2.53. The van der Waals surface area contributed by atoms with Gasteiger partial charge in [-0.25, -0.2) is 0 Å². The van der Waals surface area contributed by atoms with Crippen molar-refractivity contribution in [3.63, 3.8) is 0 Å². The summed E-state index contributed by atoms with van der Waals surface area (Å²) in [5.41, 5.74) is 1.14. The molecule has 0 aromatic heterocycles. The van der Waals surface area contributed by atoms with Crippen LogP contribution in [0.15, 0.2) is 21.5 Å². The van der Waals surface area contributed by atoms with E-state index in [1.807, 2.05) is 6.07 Å². The molecule has 1 fully saturated rings. The molecule has 1 aromatic rings. The summed E-state index contributed by atoms with van der Waals surface area (Å²) >= 11 is 8.88. The molecular formula is C12H14BrO3P2S-. The van der Waals surface area contributed by atoms with Crippen LogP contribution < -0.4 is 4.74 Å². The highest BCUT2D eigenvalue weighted by atomic mass is 79.9. The molecule has 2 unspecified atom stereocenters. The van der Waals surface area contributed by atoms with Crippen molar-refractivity contribution >= 4 is 47.4 Å². The van der Waals surface area contributed by atoms with E-state index in [2.05, 4.69) is 31.5 Å².